The molecule has 0 aliphatic heterocycles. The van der Waals surface area contributed by atoms with Crippen LogP contribution in [0.4, 0.5) is 5.69 Å². The fourth-order valence-corrected chi connectivity index (χ4v) is 3.54. The molecule has 4 aromatic rings. The van der Waals surface area contributed by atoms with Crippen LogP contribution in [0.5, 0.6) is 0 Å². The number of rotatable bonds is 7. The molecule has 4 rings (SSSR count). The number of hydrogen-bond donors (Lipinski definition) is 2. The zero-order valence-corrected chi connectivity index (χ0v) is 17.9. The van der Waals surface area contributed by atoms with E-state index in [4.69, 9.17) is 4.74 Å². The van der Waals surface area contributed by atoms with Gasteiger partial charge in [-0.25, -0.2) is 4.79 Å². The van der Waals surface area contributed by atoms with Crippen molar-refractivity contribution in [3.8, 4) is 0 Å². The summed E-state index contributed by atoms with van der Waals surface area (Å²) in [6.07, 6.45) is 3.26. The lowest BCUT2D eigenvalue weighted by Gasteiger charge is -2.12. The zero-order valence-electron chi connectivity index (χ0n) is 17.9. The quantitative estimate of drug-likeness (QED) is 0.427. The minimum Gasteiger partial charge on any atom is -0.465 e. The Morgan fingerprint density at radius 2 is 1.82 bits per heavy atom. The first-order valence-electron chi connectivity index (χ1n) is 10.3. The SMILES string of the molecule is COC(=O)c1cc(CNC(=O)c2cccc3ccccc23)cc(NC(=O)Cn2cccn2)c1. The number of carbonyl (C=O) groups is 3. The summed E-state index contributed by atoms with van der Waals surface area (Å²) >= 11 is 0. The molecule has 0 aliphatic rings. The molecule has 0 aliphatic carbocycles. The molecule has 33 heavy (non-hydrogen) atoms. The van der Waals surface area contributed by atoms with Gasteiger partial charge in [-0.2, -0.15) is 5.10 Å². The van der Waals surface area contributed by atoms with E-state index in [9.17, 15) is 14.4 Å². The molecule has 0 fully saturated rings. The van der Waals surface area contributed by atoms with E-state index in [1.807, 2.05) is 36.4 Å². The summed E-state index contributed by atoms with van der Waals surface area (Å²) in [4.78, 5) is 37.4. The molecule has 0 spiro atoms. The van der Waals surface area contributed by atoms with Crippen molar-refractivity contribution in [2.24, 2.45) is 0 Å². The third-order valence-corrected chi connectivity index (χ3v) is 5.05. The Morgan fingerprint density at radius 3 is 2.61 bits per heavy atom. The standard InChI is InChI=1S/C25H22N4O4/c1-33-25(32)19-12-17(13-20(14-19)28-23(30)16-29-11-5-10-27-29)15-26-24(31)22-9-4-7-18-6-2-3-8-21(18)22/h2-14H,15-16H2,1H3,(H,26,31)(H,28,30). The minimum absolute atomic E-state index is 0.0304. The second-order valence-corrected chi connectivity index (χ2v) is 7.37. The maximum absolute atomic E-state index is 12.9. The van der Waals surface area contributed by atoms with Crippen LogP contribution in [-0.2, 0) is 22.6 Å². The van der Waals surface area contributed by atoms with Crippen LogP contribution in [0.25, 0.3) is 10.8 Å². The number of aromatic nitrogens is 2. The second-order valence-electron chi connectivity index (χ2n) is 7.37. The molecule has 0 saturated carbocycles. The van der Waals surface area contributed by atoms with Crippen molar-refractivity contribution in [1.29, 1.82) is 0 Å². The van der Waals surface area contributed by atoms with Crippen molar-refractivity contribution in [1.82, 2.24) is 15.1 Å². The lowest BCUT2D eigenvalue weighted by atomic mass is 10.0. The first-order chi connectivity index (χ1) is 16.0. The van der Waals surface area contributed by atoms with Crippen LogP contribution in [0.15, 0.2) is 79.1 Å². The molecule has 2 amide bonds. The number of nitrogens with one attached hydrogen (secondary N) is 2. The van der Waals surface area contributed by atoms with Crippen molar-refractivity contribution in [3.05, 3.63) is 95.8 Å². The van der Waals surface area contributed by atoms with Gasteiger partial charge < -0.3 is 15.4 Å². The molecule has 2 N–H and O–H groups in total. The molecule has 1 heterocycles. The van der Waals surface area contributed by atoms with Gasteiger partial charge in [0.15, 0.2) is 0 Å². The highest BCUT2D eigenvalue weighted by Crippen LogP contribution is 2.20. The second kappa shape index (κ2) is 9.78. The summed E-state index contributed by atoms with van der Waals surface area (Å²) in [6, 6.07) is 19.8. The fraction of sp³-hybridized carbons (Fsp3) is 0.120. The maximum Gasteiger partial charge on any atom is 0.337 e. The Hall–Kier alpha value is -4.46. The molecule has 166 valence electrons. The molecule has 0 unspecified atom stereocenters. The highest BCUT2D eigenvalue weighted by atomic mass is 16.5. The first-order valence-corrected chi connectivity index (χ1v) is 10.3. The summed E-state index contributed by atoms with van der Waals surface area (Å²) < 4.78 is 6.32. The normalized spacial score (nSPS) is 10.6. The number of benzene rings is 3. The van der Waals surface area contributed by atoms with E-state index < -0.39 is 5.97 Å². The fourth-order valence-electron chi connectivity index (χ4n) is 3.54. The smallest absolute Gasteiger partial charge is 0.337 e. The number of anilines is 1. The van der Waals surface area contributed by atoms with E-state index in [2.05, 4.69) is 15.7 Å². The van der Waals surface area contributed by atoms with Crippen LogP contribution >= 0.6 is 0 Å². The van der Waals surface area contributed by atoms with Crippen LogP contribution in [0, 0.1) is 0 Å². The van der Waals surface area contributed by atoms with E-state index in [0.29, 0.717) is 16.8 Å². The van der Waals surface area contributed by atoms with Crippen molar-refractivity contribution in [2.45, 2.75) is 13.1 Å². The van der Waals surface area contributed by atoms with E-state index >= 15 is 0 Å². The molecule has 0 atom stereocenters. The van der Waals surface area contributed by atoms with Gasteiger partial charge in [-0.05, 0) is 46.7 Å². The monoisotopic (exact) mass is 442 g/mol. The van der Waals surface area contributed by atoms with Gasteiger partial charge in [0.2, 0.25) is 5.91 Å². The Morgan fingerprint density at radius 1 is 1.00 bits per heavy atom. The van der Waals surface area contributed by atoms with Crippen LogP contribution in [0.3, 0.4) is 0 Å². The number of nitrogens with zero attached hydrogens (tertiary/aromatic N) is 2. The molecule has 1 aromatic heterocycles. The number of hydrogen-bond acceptors (Lipinski definition) is 5. The minimum atomic E-state index is -0.542. The van der Waals surface area contributed by atoms with E-state index in [1.165, 1.54) is 17.9 Å². The molecule has 8 nitrogen and oxygen atoms in total. The maximum atomic E-state index is 12.9. The van der Waals surface area contributed by atoms with Crippen molar-refractivity contribution >= 4 is 34.2 Å². The van der Waals surface area contributed by atoms with Crippen molar-refractivity contribution in [3.63, 3.8) is 0 Å². The average Bonchev–Trinajstić information content (AvgIpc) is 3.34. The van der Waals surface area contributed by atoms with E-state index in [1.54, 1.807) is 36.7 Å². The molecule has 0 saturated heterocycles. The Kier molecular flexibility index (Phi) is 6.45. The summed E-state index contributed by atoms with van der Waals surface area (Å²) in [5.74, 6) is -1.08. The van der Waals surface area contributed by atoms with Crippen molar-refractivity contribution < 1.29 is 19.1 Å². The zero-order chi connectivity index (χ0) is 23.2. The first kappa shape index (κ1) is 21.8. The average molecular weight is 442 g/mol. The molecule has 3 aromatic carbocycles. The van der Waals surface area contributed by atoms with Gasteiger partial charge in [-0.15, -0.1) is 0 Å². The highest BCUT2D eigenvalue weighted by molar-refractivity contribution is 6.07. The van der Waals surface area contributed by atoms with Crippen LogP contribution in [0.2, 0.25) is 0 Å². The number of methoxy groups -OCH3 is 1. The third kappa shape index (κ3) is 5.24. The van der Waals surface area contributed by atoms with Gasteiger partial charge in [0.05, 0.1) is 12.7 Å². The van der Waals surface area contributed by atoms with Gasteiger partial charge in [-0.3, -0.25) is 14.3 Å². The Balaban J connectivity index is 1.52. The van der Waals surface area contributed by atoms with E-state index in [0.717, 1.165) is 10.8 Å². The largest absolute Gasteiger partial charge is 0.465 e. The van der Waals surface area contributed by atoms with E-state index in [-0.39, 0.29) is 30.5 Å². The molecule has 0 bridgehead atoms. The third-order valence-electron chi connectivity index (χ3n) is 5.05. The molecular formula is C25H22N4O4. The van der Waals surface area contributed by atoms with Crippen LogP contribution in [-0.4, -0.2) is 34.7 Å². The van der Waals surface area contributed by atoms with Gasteiger partial charge in [0.1, 0.15) is 6.54 Å². The lowest BCUT2D eigenvalue weighted by molar-refractivity contribution is -0.116. The number of fused-ring (bicyclic) bond motifs is 1. The molecular weight excluding hydrogens is 420 g/mol. The summed E-state index contributed by atoms with van der Waals surface area (Å²) in [6.45, 7) is 0.192. The van der Waals surface area contributed by atoms with Crippen LogP contribution in [0.1, 0.15) is 26.3 Å². The number of carbonyl (C=O) groups excluding carboxylic acids is 3. The van der Waals surface area contributed by atoms with Crippen LogP contribution < -0.4 is 10.6 Å². The number of esters is 1. The van der Waals surface area contributed by atoms with Gasteiger partial charge in [0.25, 0.3) is 5.91 Å². The Labute approximate surface area is 190 Å². The van der Waals surface area contributed by atoms with Gasteiger partial charge in [-0.1, -0.05) is 36.4 Å². The summed E-state index contributed by atoms with van der Waals surface area (Å²) in [5.41, 5.74) is 1.89. The predicted octanol–water partition coefficient (Wildman–Crippen LogP) is 3.39. The highest BCUT2D eigenvalue weighted by Gasteiger charge is 2.13. The van der Waals surface area contributed by atoms with Gasteiger partial charge >= 0.3 is 5.97 Å². The van der Waals surface area contributed by atoms with Gasteiger partial charge in [0, 0.05) is 30.2 Å². The topological polar surface area (TPSA) is 102 Å². The van der Waals surface area contributed by atoms with Crippen molar-refractivity contribution in [2.75, 3.05) is 12.4 Å². The lowest BCUT2D eigenvalue weighted by Crippen LogP contribution is -2.23. The Bertz CT molecular complexity index is 1310. The molecule has 0 radical (unpaired) electrons. The number of ether oxygens (including phenoxy) is 1. The summed E-state index contributed by atoms with van der Waals surface area (Å²) in [7, 11) is 1.28. The summed E-state index contributed by atoms with van der Waals surface area (Å²) in [5, 5.41) is 11.5. The molecule has 8 heteroatoms. The predicted molar refractivity (Wildman–Crippen MR) is 124 cm³/mol. The number of amides is 2.